The summed E-state index contributed by atoms with van der Waals surface area (Å²) in [6, 6.07) is 5.02. The van der Waals surface area contributed by atoms with Gasteiger partial charge in [0.2, 0.25) is 0 Å². The number of rotatable bonds is 11. The molecule has 0 spiro atoms. The summed E-state index contributed by atoms with van der Waals surface area (Å²) >= 11 is 0. The predicted molar refractivity (Wildman–Crippen MR) is 97.3 cm³/mol. The van der Waals surface area contributed by atoms with Crippen LogP contribution in [0.4, 0.5) is 0 Å². The van der Waals surface area contributed by atoms with Gasteiger partial charge in [0.15, 0.2) is 17.3 Å². The van der Waals surface area contributed by atoms with E-state index in [4.69, 9.17) is 9.47 Å². The van der Waals surface area contributed by atoms with E-state index in [2.05, 4.69) is 19.1 Å². The highest BCUT2D eigenvalue weighted by Gasteiger charge is 2.26. The van der Waals surface area contributed by atoms with Crippen molar-refractivity contribution in [2.75, 3.05) is 13.7 Å². The number of hydrogen-bond donors (Lipinski definition) is 2. The summed E-state index contributed by atoms with van der Waals surface area (Å²) in [5.41, 5.74) is 0.405. The first-order valence-corrected chi connectivity index (χ1v) is 8.61. The fourth-order valence-electron chi connectivity index (χ4n) is 2.27. The van der Waals surface area contributed by atoms with E-state index in [1.807, 2.05) is 19.1 Å². The Kier molecular flexibility index (Phi) is 9.20. The first kappa shape index (κ1) is 20.3. The van der Waals surface area contributed by atoms with Gasteiger partial charge in [-0.1, -0.05) is 38.2 Å². The molecule has 0 bridgehead atoms. The molecule has 24 heavy (non-hydrogen) atoms. The predicted octanol–water partition coefficient (Wildman–Crippen LogP) is 4.31. The van der Waals surface area contributed by atoms with Crippen LogP contribution in [0.15, 0.2) is 42.5 Å². The molecule has 2 N–H and O–H groups in total. The van der Waals surface area contributed by atoms with Gasteiger partial charge in [0, 0.05) is 12.0 Å². The molecule has 0 aliphatic heterocycles. The van der Waals surface area contributed by atoms with Crippen molar-refractivity contribution in [1.29, 1.82) is 0 Å². The van der Waals surface area contributed by atoms with Crippen LogP contribution in [-0.4, -0.2) is 23.9 Å². The summed E-state index contributed by atoms with van der Waals surface area (Å²) < 4.78 is 11.0. The highest BCUT2D eigenvalue weighted by molar-refractivity contribution is 5.44. The van der Waals surface area contributed by atoms with Gasteiger partial charge in [-0.15, -0.1) is 0 Å². The Hall–Kier alpha value is -1.78. The van der Waals surface area contributed by atoms with E-state index in [-0.39, 0.29) is 6.42 Å². The highest BCUT2D eigenvalue weighted by atomic mass is 16.5. The van der Waals surface area contributed by atoms with Gasteiger partial charge in [-0.2, -0.15) is 0 Å². The van der Waals surface area contributed by atoms with E-state index in [0.29, 0.717) is 30.1 Å². The Morgan fingerprint density at radius 3 is 2.25 bits per heavy atom. The zero-order chi connectivity index (χ0) is 17.8. The van der Waals surface area contributed by atoms with Crippen molar-refractivity contribution >= 4 is 0 Å². The average Bonchev–Trinajstić information content (AvgIpc) is 2.58. The number of ether oxygens (including phenoxy) is 2. The Morgan fingerprint density at radius 1 is 0.958 bits per heavy atom. The van der Waals surface area contributed by atoms with Crippen LogP contribution in [0.5, 0.6) is 11.5 Å². The van der Waals surface area contributed by atoms with Gasteiger partial charge in [-0.25, -0.2) is 0 Å². The van der Waals surface area contributed by atoms with Crippen LogP contribution >= 0.6 is 0 Å². The minimum Gasteiger partial charge on any atom is -0.493 e. The third-order valence-electron chi connectivity index (χ3n) is 3.63. The van der Waals surface area contributed by atoms with E-state index < -0.39 is 5.79 Å². The van der Waals surface area contributed by atoms with E-state index in [0.717, 1.165) is 19.3 Å². The van der Waals surface area contributed by atoms with E-state index >= 15 is 0 Å². The van der Waals surface area contributed by atoms with Crippen molar-refractivity contribution in [2.45, 2.75) is 51.7 Å². The molecule has 0 aliphatic carbocycles. The van der Waals surface area contributed by atoms with E-state index in [1.54, 1.807) is 25.3 Å². The topological polar surface area (TPSA) is 58.9 Å². The van der Waals surface area contributed by atoms with Gasteiger partial charge >= 0.3 is 0 Å². The van der Waals surface area contributed by atoms with Crippen molar-refractivity contribution in [3.8, 4) is 11.5 Å². The van der Waals surface area contributed by atoms with Crippen molar-refractivity contribution < 1.29 is 19.7 Å². The summed E-state index contributed by atoms with van der Waals surface area (Å²) in [6.45, 7) is 4.69. The van der Waals surface area contributed by atoms with E-state index in [1.165, 1.54) is 0 Å². The molecule has 0 saturated carbocycles. The maximum absolute atomic E-state index is 10.3. The lowest BCUT2D eigenvalue weighted by atomic mass is 10.00. The molecule has 0 fully saturated rings. The van der Waals surface area contributed by atoms with Crippen LogP contribution in [-0.2, 0) is 5.79 Å². The second-order valence-corrected chi connectivity index (χ2v) is 5.62. The standard InChI is InChI=1S/C20H30O4/c1-4-6-8-10-14-20(21,22)17-12-13-18(19(16-17)23-3)24-15-11-9-7-5-2/h6-9,12-13,16,21-22H,4-5,10-11,14-15H2,1-3H3/b8-6-,9-7-. The molecule has 0 aliphatic rings. The first-order valence-electron chi connectivity index (χ1n) is 8.61. The molecule has 0 unspecified atom stereocenters. The molecule has 1 rings (SSSR count). The first-order chi connectivity index (χ1) is 11.5. The normalized spacial score (nSPS) is 12.2. The number of allylic oxidation sites excluding steroid dienone is 3. The maximum Gasteiger partial charge on any atom is 0.190 e. The monoisotopic (exact) mass is 334 g/mol. The maximum atomic E-state index is 10.3. The molecule has 0 radical (unpaired) electrons. The van der Waals surface area contributed by atoms with Crippen molar-refractivity contribution in [2.24, 2.45) is 0 Å². The summed E-state index contributed by atoms with van der Waals surface area (Å²) in [5.74, 6) is -0.773. The van der Waals surface area contributed by atoms with Gasteiger partial charge in [0.25, 0.3) is 0 Å². The third-order valence-corrected chi connectivity index (χ3v) is 3.63. The van der Waals surface area contributed by atoms with E-state index in [9.17, 15) is 10.2 Å². The van der Waals surface area contributed by atoms with Crippen molar-refractivity contribution in [3.05, 3.63) is 48.1 Å². The van der Waals surface area contributed by atoms with Crippen LogP contribution in [0, 0.1) is 0 Å². The second-order valence-electron chi connectivity index (χ2n) is 5.62. The summed E-state index contributed by atoms with van der Waals surface area (Å²) in [4.78, 5) is 0. The molecule has 0 saturated heterocycles. The molecule has 0 atom stereocenters. The molecule has 4 nitrogen and oxygen atoms in total. The lowest BCUT2D eigenvalue weighted by Gasteiger charge is -2.23. The zero-order valence-electron chi connectivity index (χ0n) is 15.0. The lowest BCUT2D eigenvalue weighted by molar-refractivity contribution is -0.173. The summed E-state index contributed by atoms with van der Waals surface area (Å²) in [5, 5.41) is 20.6. The largest absolute Gasteiger partial charge is 0.493 e. The third kappa shape index (κ3) is 6.77. The molecule has 4 heteroatoms. The van der Waals surface area contributed by atoms with Gasteiger partial charge in [0.1, 0.15) is 0 Å². The van der Waals surface area contributed by atoms with Crippen LogP contribution < -0.4 is 9.47 Å². The fraction of sp³-hybridized carbons (Fsp3) is 0.500. The minimum atomic E-state index is -1.88. The minimum absolute atomic E-state index is 0.231. The molecule has 1 aromatic carbocycles. The molecular formula is C20H30O4. The Morgan fingerprint density at radius 2 is 1.62 bits per heavy atom. The Balaban J connectivity index is 2.73. The Bertz CT molecular complexity index is 532. The molecule has 134 valence electrons. The average molecular weight is 334 g/mol. The van der Waals surface area contributed by atoms with Crippen LogP contribution in [0.3, 0.4) is 0 Å². The van der Waals surface area contributed by atoms with Crippen molar-refractivity contribution in [1.82, 2.24) is 0 Å². The molecule has 0 heterocycles. The zero-order valence-corrected chi connectivity index (χ0v) is 15.0. The van der Waals surface area contributed by atoms with Gasteiger partial charge in [0.05, 0.1) is 13.7 Å². The number of methoxy groups -OCH3 is 1. The quantitative estimate of drug-likeness (QED) is 0.359. The van der Waals surface area contributed by atoms with Gasteiger partial charge in [-0.05, 0) is 43.9 Å². The summed E-state index contributed by atoms with van der Waals surface area (Å²) in [7, 11) is 1.55. The number of benzene rings is 1. The SMILES string of the molecule is CC/C=C\CCOc1ccc(C(O)(O)CC/C=C\CC)cc1OC. The smallest absolute Gasteiger partial charge is 0.190 e. The highest BCUT2D eigenvalue weighted by Crippen LogP contribution is 2.33. The molecule has 1 aromatic rings. The van der Waals surface area contributed by atoms with Crippen molar-refractivity contribution in [3.63, 3.8) is 0 Å². The molecular weight excluding hydrogens is 304 g/mol. The fourth-order valence-corrected chi connectivity index (χ4v) is 2.27. The van der Waals surface area contributed by atoms with Crippen LogP contribution in [0.1, 0.15) is 51.5 Å². The van der Waals surface area contributed by atoms with Gasteiger partial charge < -0.3 is 19.7 Å². The van der Waals surface area contributed by atoms with Gasteiger partial charge in [-0.3, -0.25) is 0 Å². The van der Waals surface area contributed by atoms with Crippen LogP contribution in [0.2, 0.25) is 0 Å². The molecule has 0 aromatic heterocycles. The second kappa shape index (κ2) is 10.9. The van der Waals surface area contributed by atoms with Crippen LogP contribution in [0.25, 0.3) is 0 Å². The number of hydrogen-bond acceptors (Lipinski definition) is 4. The number of aliphatic hydroxyl groups is 2. The molecule has 0 amide bonds. The lowest BCUT2D eigenvalue weighted by Crippen LogP contribution is -2.24. The Labute approximate surface area is 145 Å². The summed E-state index contributed by atoms with van der Waals surface area (Å²) in [6.07, 6.45) is 11.8.